The van der Waals surface area contributed by atoms with Crippen molar-refractivity contribution in [3.63, 3.8) is 0 Å². The van der Waals surface area contributed by atoms with Gasteiger partial charge in [0, 0.05) is 17.1 Å². The van der Waals surface area contributed by atoms with Crippen LogP contribution in [0.15, 0.2) is 53.4 Å². The number of benzene rings is 2. The zero-order valence-corrected chi connectivity index (χ0v) is 14.9. The van der Waals surface area contributed by atoms with Crippen molar-refractivity contribution >= 4 is 33.4 Å². The highest BCUT2D eigenvalue weighted by molar-refractivity contribution is 7.89. The average Bonchev–Trinajstić information content (AvgIpc) is 2.65. The maximum Gasteiger partial charge on any atom is 0.324 e. The fraction of sp³-hybridized carbons (Fsp3) is 0.125. The summed E-state index contributed by atoms with van der Waals surface area (Å²) in [5.41, 5.74) is 2.62. The molecule has 2 amide bonds. The molecule has 0 unspecified atom stereocenters. The van der Waals surface area contributed by atoms with E-state index < -0.39 is 28.5 Å². The number of nitrogens with one attached hydrogen (secondary N) is 3. The van der Waals surface area contributed by atoms with E-state index in [2.05, 4.69) is 5.32 Å². The summed E-state index contributed by atoms with van der Waals surface area (Å²) in [4.78, 5) is 25.2. The summed E-state index contributed by atoms with van der Waals surface area (Å²) in [6.45, 7) is -0.815. The van der Waals surface area contributed by atoms with Crippen molar-refractivity contribution < 1.29 is 22.4 Å². The number of sulfonamides is 1. The first-order chi connectivity index (χ1) is 12.3. The van der Waals surface area contributed by atoms with Crippen LogP contribution in [0.25, 0.3) is 0 Å². The third-order valence-corrected chi connectivity index (χ3v) is 4.90. The molecule has 0 saturated carbocycles. The van der Waals surface area contributed by atoms with Crippen molar-refractivity contribution in [2.45, 2.75) is 18.1 Å². The second-order valence-electron chi connectivity index (χ2n) is 5.11. The van der Waals surface area contributed by atoms with Crippen molar-refractivity contribution in [3.05, 3.63) is 64.7 Å². The van der Waals surface area contributed by atoms with Gasteiger partial charge in [-0.15, -0.1) is 4.83 Å². The number of hydrazine groups is 1. The molecule has 0 fully saturated rings. The molecule has 0 heterocycles. The van der Waals surface area contributed by atoms with Crippen molar-refractivity contribution in [2.75, 3.05) is 0 Å². The molecule has 0 spiro atoms. The van der Waals surface area contributed by atoms with Crippen LogP contribution in [0.1, 0.15) is 11.1 Å². The molecule has 0 bridgehead atoms. The fourth-order valence-corrected chi connectivity index (χ4v) is 2.96. The Morgan fingerprint density at radius 1 is 1.04 bits per heavy atom. The van der Waals surface area contributed by atoms with Gasteiger partial charge in [0.2, 0.25) is 0 Å². The van der Waals surface area contributed by atoms with Gasteiger partial charge in [-0.3, -0.25) is 15.0 Å². The van der Waals surface area contributed by atoms with Crippen LogP contribution < -0.4 is 15.6 Å². The Balaban J connectivity index is 1.89. The van der Waals surface area contributed by atoms with Gasteiger partial charge in [0.25, 0.3) is 10.0 Å². The van der Waals surface area contributed by atoms with Crippen LogP contribution in [0.3, 0.4) is 0 Å². The zero-order chi connectivity index (χ0) is 19.2. The number of hydrogen-bond donors (Lipinski definition) is 3. The van der Waals surface area contributed by atoms with E-state index in [0.717, 1.165) is 0 Å². The molecule has 3 N–H and O–H groups in total. The molecule has 2 aromatic rings. The van der Waals surface area contributed by atoms with Crippen molar-refractivity contribution in [3.8, 4) is 0 Å². The lowest BCUT2D eigenvalue weighted by Crippen LogP contribution is -2.48. The Bertz CT molecular complexity index is 907. The summed E-state index contributed by atoms with van der Waals surface area (Å²) in [5, 5.41) is 2.55. The SMILES string of the molecule is O=C(NCc1ccc(Cl)c(CF)c1)C(=O)NNS(=O)(=O)c1ccccc1. The van der Waals surface area contributed by atoms with Crippen LogP contribution in [0.4, 0.5) is 4.39 Å². The van der Waals surface area contributed by atoms with E-state index in [9.17, 15) is 22.4 Å². The number of carbonyl (C=O) groups excluding carboxylic acids is 2. The van der Waals surface area contributed by atoms with Gasteiger partial charge in [0.1, 0.15) is 6.67 Å². The van der Waals surface area contributed by atoms with Crippen molar-refractivity contribution in [2.24, 2.45) is 0 Å². The Morgan fingerprint density at radius 3 is 2.38 bits per heavy atom. The van der Waals surface area contributed by atoms with Gasteiger partial charge < -0.3 is 5.32 Å². The molecule has 0 radical (unpaired) electrons. The Labute approximate surface area is 154 Å². The molecule has 2 aromatic carbocycles. The molecular weight excluding hydrogens is 385 g/mol. The molecule has 7 nitrogen and oxygen atoms in total. The number of amides is 2. The Kier molecular flexibility index (Phi) is 6.67. The van der Waals surface area contributed by atoms with Gasteiger partial charge in [-0.05, 0) is 29.8 Å². The molecule has 0 aliphatic heterocycles. The third-order valence-electron chi connectivity index (χ3n) is 3.27. The van der Waals surface area contributed by atoms with Gasteiger partial charge in [0.15, 0.2) is 0 Å². The maximum atomic E-state index is 12.7. The number of hydrogen-bond acceptors (Lipinski definition) is 4. The minimum Gasteiger partial charge on any atom is -0.344 e. The first kappa shape index (κ1) is 19.8. The molecule has 10 heteroatoms. The molecule has 0 aliphatic rings. The first-order valence-electron chi connectivity index (χ1n) is 7.32. The molecule has 0 aliphatic carbocycles. The summed E-state index contributed by atoms with van der Waals surface area (Å²) in [5.74, 6) is -2.25. The van der Waals surface area contributed by atoms with E-state index in [1.807, 2.05) is 10.3 Å². The summed E-state index contributed by atoms with van der Waals surface area (Å²) in [6, 6.07) is 11.8. The van der Waals surface area contributed by atoms with E-state index in [4.69, 9.17) is 11.6 Å². The molecule has 138 valence electrons. The second-order valence-corrected chi connectivity index (χ2v) is 7.20. The predicted molar refractivity (Wildman–Crippen MR) is 93.0 cm³/mol. The van der Waals surface area contributed by atoms with Gasteiger partial charge in [0.05, 0.1) is 4.90 Å². The minimum atomic E-state index is -3.99. The lowest BCUT2D eigenvalue weighted by atomic mass is 10.1. The zero-order valence-electron chi connectivity index (χ0n) is 13.3. The van der Waals surface area contributed by atoms with Crippen LogP contribution in [0.5, 0.6) is 0 Å². The number of halogens is 2. The number of alkyl halides is 1. The maximum absolute atomic E-state index is 12.7. The lowest BCUT2D eigenvalue weighted by Gasteiger charge is -2.09. The van der Waals surface area contributed by atoms with Crippen LogP contribution in [-0.2, 0) is 32.8 Å². The summed E-state index contributed by atoms with van der Waals surface area (Å²) >= 11 is 5.79. The van der Waals surface area contributed by atoms with Gasteiger partial charge >= 0.3 is 11.8 Å². The van der Waals surface area contributed by atoms with Crippen LogP contribution in [0.2, 0.25) is 5.02 Å². The van der Waals surface area contributed by atoms with Gasteiger partial charge in [-0.1, -0.05) is 35.9 Å². The number of rotatable bonds is 6. The van der Waals surface area contributed by atoms with Gasteiger partial charge in [-0.2, -0.15) is 0 Å². The standard InChI is InChI=1S/C16H15ClFN3O4S/c17-14-7-6-11(8-12(14)9-18)10-19-15(22)16(23)20-21-26(24,25)13-4-2-1-3-5-13/h1-8,21H,9-10H2,(H,19,22)(H,20,23). The first-order valence-corrected chi connectivity index (χ1v) is 9.18. The minimum absolute atomic E-state index is 0.0537. The second kappa shape index (κ2) is 8.75. The largest absolute Gasteiger partial charge is 0.344 e. The van der Waals surface area contributed by atoms with E-state index >= 15 is 0 Å². The van der Waals surface area contributed by atoms with Crippen LogP contribution in [0, 0.1) is 0 Å². The molecule has 26 heavy (non-hydrogen) atoms. The highest BCUT2D eigenvalue weighted by Crippen LogP contribution is 2.18. The molecule has 2 rings (SSSR count). The molecular formula is C16H15ClFN3O4S. The smallest absolute Gasteiger partial charge is 0.324 e. The highest BCUT2D eigenvalue weighted by atomic mass is 35.5. The lowest BCUT2D eigenvalue weighted by molar-refractivity contribution is -0.139. The van der Waals surface area contributed by atoms with Gasteiger partial charge in [-0.25, -0.2) is 12.8 Å². The van der Waals surface area contributed by atoms with E-state index in [-0.39, 0.29) is 22.0 Å². The fourth-order valence-electron chi connectivity index (χ4n) is 1.93. The normalized spacial score (nSPS) is 11.0. The van der Waals surface area contributed by atoms with Crippen LogP contribution in [-0.4, -0.2) is 20.2 Å². The quantitative estimate of drug-likeness (QED) is 0.505. The summed E-state index contributed by atoms with van der Waals surface area (Å²) in [7, 11) is -3.99. The van der Waals surface area contributed by atoms with Crippen molar-refractivity contribution in [1.82, 2.24) is 15.6 Å². The summed E-state index contributed by atoms with van der Waals surface area (Å²) in [6.07, 6.45) is 0. The van der Waals surface area contributed by atoms with E-state index in [1.54, 1.807) is 12.1 Å². The topological polar surface area (TPSA) is 104 Å². The summed E-state index contributed by atoms with van der Waals surface area (Å²) < 4.78 is 36.6. The van der Waals surface area contributed by atoms with E-state index in [1.165, 1.54) is 36.4 Å². The average molecular weight is 400 g/mol. The number of carbonyl (C=O) groups is 2. The highest BCUT2D eigenvalue weighted by Gasteiger charge is 2.18. The molecule has 0 saturated heterocycles. The Hall–Kier alpha value is -2.49. The predicted octanol–water partition coefficient (Wildman–Crippen LogP) is 1.44. The van der Waals surface area contributed by atoms with Crippen molar-refractivity contribution in [1.29, 1.82) is 0 Å². The van der Waals surface area contributed by atoms with Crippen LogP contribution >= 0.6 is 11.6 Å². The monoisotopic (exact) mass is 399 g/mol. The van der Waals surface area contributed by atoms with E-state index in [0.29, 0.717) is 5.56 Å². The third kappa shape index (κ3) is 5.25. The Morgan fingerprint density at radius 2 is 1.73 bits per heavy atom. The molecule has 0 atom stereocenters. The molecule has 0 aromatic heterocycles.